The molecule has 1 aliphatic carbocycles. The van der Waals surface area contributed by atoms with Gasteiger partial charge in [-0.15, -0.1) is 0 Å². The molecule has 1 aromatic carbocycles. The minimum absolute atomic E-state index is 0.00759. The predicted octanol–water partition coefficient (Wildman–Crippen LogP) is 3.13. The van der Waals surface area contributed by atoms with Gasteiger partial charge in [0.15, 0.2) is 0 Å². The fourth-order valence-corrected chi connectivity index (χ4v) is 3.49. The maximum atomic E-state index is 10.2. The van der Waals surface area contributed by atoms with Crippen LogP contribution >= 0.6 is 0 Å². The topological polar surface area (TPSA) is 38.7 Å². The molecule has 0 spiro atoms. The molecule has 3 nitrogen and oxygen atoms in total. The molecule has 3 heteroatoms. The fraction of sp³-hybridized carbons (Fsp3) is 0.667. The molecule has 1 N–H and O–H groups in total. The molecule has 0 radical (unpaired) electrons. The molecule has 2 aliphatic rings. The van der Waals surface area contributed by atoms with Gasteiger partial charge in [-0.1, -0.05) is 30.3 Å². The summed E-state index contributed by atoms with van der Waals surface area (Å²) in [6, 6.07) is 10.6. The molecule has 0 bridgehead atoms. The normalized spacial score (nSPS) is 31.2. The largest absolute Gasteiger partial charge is 0.390 e. The number of hydrogen-bond acceptors (Lipinski definition) is 3. The van der Waals surface area contributed by atoms with Gasteiger partial charge in [0.05, 0.1) is 18.8 Å². The zero-order valence-electron chi connectivity index (χ0n) is 12.6. The average molecular weight is 290 g/mol. The molecule has 1 saturated carbocycles. The lowest BCUT2D eigenvalue weighted by molar-refractivity contribution is -0.0830. The molecule has 21 heavy (non-hydrogen) atoms. The van der Waals surface area contributed by atoms with Crippen LogP contribution in [0, 0.1) is 5.92 Å². The van der Waals surface area contributed by atoms with E-state index in [9.17, 15) is 5.11 Å². The highest BCUT2D eigenvalue weighted by atomic mass is 16.5. The fourth-order valence-electron chi connectivity index (χ4n) is 3.49. The average Bonchev–Trinajstić information content (AvgIpc) is 2.56. The van der Waals surface area contributed by atoms with E-state index in [0.717, 1.165) is 51.9 Å². The van der Waals surface area contributed by atoms with Crippen molar-refractivity contribution < 1.29 is 14.6 Å². The van der Waals surface area contributed by atoms with Gasteiger partial charge in [-0.25, -0.2) is 0 Å². The van der Waals surface area contributed by atoms with Crippen molar-refractivity contribution in [3.8, 4) is 0 Å². The third-order valence-electron chi connectivity index (χ3n) is 4.91. The Hall–Kier alpha value is -0.900. The van der Waals surface area contributed by atoms with Gasteiger partial charge in [0, 0.05) is 13.2 Å². The molecule has 1 saturated heterocycles. The van der Waals surface area contributed by atoms with Crippen LogP contribution < -0.4 is 0 Å². The van der Waals surface area contributed by atoms with E-state index in [1.165, 1.54) is 5.56 Å². The number of ether oxygens (including phenoxy) is 2. The summed E-state index contributed by atoms with van der Waals surface area (Å²) in [5.74, 6) is 1.12. The molecule has 116 valence electrons. The smallest absolute Gasteiger partial charge is 0.0839 e. The first-order chi connectivity index (χ1) is 10.3. The molecular formula is C18H26O3. The Kier molecular flexibility index (Phi) is 5.28. The van der Waals surface area contributed by atoms with E-state index in [-0.39, 0.29) is 12.2 Å². The Morgan fingerprint density at radius 3 is 2.57 bits per heavy atom. The molecule has 3 atom stereocenters. The predicted molar refractivity (Wildman–Crippen MR) is 82.3 cm³/mol. The van der Waals surface area contributed by atoms with E-state index >= 15 is 0 Å². The zero-order chi connectivity index (χ0) is 14.5. The van der Waals surface area contributed by atoms with Crippen LogP contribution in [0.15, 0.2) is 30.3 Å². The summed E-state index contributed by atoms with van der Waals surface area (Å²) in [6.45, 7) is 2.48. The molecule has 0 aromatic heterocycles. The van der Waals surface area contributed by atoms with Crippen molar-refractivity contribution in [2.45, 2.75) is 50.2 Å². The summed E-state index contributed by atoms with van der Waals surface area (Å²) >= 11 is 0. The van der Waals surface area contributed by atoms with E-state index in [1.54, 1.807) is 0 Å². The maximum absolute atomic E-state index is 10.2. The van der Waals surface area contributed by atoms with E-state index in [4.69, 9.17) is 9.47 Å². The van der Waals surface area contributed by atoms with Gasteiger partial charge < -0.3 is 14.6 Å². The van der Waals surface area contributed by atoms with Gasteiger partial charge in [-0.05, 0) is 49.5 Å². The van der Waals surface area contributed by atoms with E-state index in [1.807, 2.05) is 0 Å². The van der Waals surface area contributed by atoms with E-state index in [0.29, 0.717) is 11.8 Å². The molecule has 1 aliphatic heterocycles. The summed E-state index contributed by atoms with van der Waals surface area (Å²) in [7, 11) is 0. The Morgan fingerprint density at radius 2 is 1.81 bits per heavy atom. The third-order valence-corrected chi connectivity index (χ3v) is 4.91. The van der Waals surface area contributed by atoms with Crippen molar-refractivity contribution in [1.29, 1.82) is 0 Å². The SMILES string of the molecule is OC1CCC(c2ccccc2)CC1OCC1CCOCC1. The molecule has 0 amide bonds. The molecule has 3 unspecified atom stereocenters. The van der Waals surface area contributed by atoms with Crippen LogP contribution in [0.4, 0.5) is 0 Å². The summed E-state index contributed by atoms with van der Waals surface area (Å²) < 4.78 is 11.5. The number of hydrogen-bond donors (Lipinski definition) is 1. The summed E-state index contributed by atoms with van der Waals surface area (Å²) in [4.78, 5) is 0. The van der Waals surface area contributed by atoms with Crippen LogP contribution in [0.2, 0.25) is 0 Å². The van der Waals surface area contributed by atoms with Crippen LogP contribution in [-0.4, -0.2) is 37.1 Å². The first kappa shape index (κ1) is 15.0. The monoisotopic (exact) mass is 290 g/mol. The lowest BCUT2D eigenvalue weighted by atomic mass is 9.81. The van der Waals surface area contributed by atoms with Crippen molar-refractivity contribution in [2.75, 3.05) is 19.8 Å². The summed E-state index contributed by atoms with van der Waals surface area (Å²) in [6.07, 6.45) is 4.71. The van der Waals surface area contributed by atoms with Crippen LogP contribution in [0.25, 0.3) is 0 Å². The van der Waals surface area contributed by atoms with Gasteiger partial charge in [0.1, 0.15) is 0 Å². The van der Waals surface area contributed by atoms with Crippen molar-refractivity contribution >= 4 is 0 Å². The minimum atomic E-state index is -0.301. The second kappa shape index (κ2) is 7.39. The highest BCUT2D eigenvalue weighted by Gasteiger charge is 2.31. The summed E-state index contributed by atoms with van der Waals surface area (Å²) in [5.41, 5.74) is 1.38. The lowest BCUT2D eigenvalue weighted by Crippen LogP contribution is -2.37. The highest BCUT2D eigenvalue weighted by molar-refractivity contribution is 5.20. The van der Waals surface area contributed by atoms with Gasteiger partial charge in [-0.2, -0.15) is 0 Å². The van der Waals surface area contributed by atoms with Crippen molar-refractivity contribution in [1.82, 2.24) is 0 Å². The van der Waals surface area contributed by atoms with Crippen LogP contribution in [0.3, 0.4) is 0 Å². The quantitative estimate of drug-likeness (QED) is 0.926. The summed E-state index contributed by atoms with van der Waals surface area (Å²) in [5, 5.41) is 10.2. The van der Waals surface area contributed by atoms with Gasteiger partial charge >= 0.3 is 0 Å². The second-order valence-electron chi connectivity index (χ2n) is 6.42. The molecule has 1 heterocycles. The molecule has 3 rings (SSSR count). The van der Waals surface area contributed by atoms with Crippen LogP contribution in [0.1, 0.15) is 43.6 Å². The Bertz CT molecular complexity index is 414. The first-order valence-corrected chi connectivity index (χ1v) is 8.25. The Balaban J connectivity index is 1.53. The number of aliphatic hydroxyl groups is 1. The van der Waals surface area contributed by atoms with Gasteiger partial charge in [0.2, 0.25) is 0 Å². The number of rotatable bonds is 4. The second-order valence-corrected chi connectivity index (χ2v) is 6.42. The van der Waals surface area contributed by atoms with E-state index < -0.39 is 0 Å². The molecular weight excluding hydrogens is 264 g/mol. The van der Waals surface area contributed by atoms with E-state index in [2.05, 4.69) is 30.3 Å². The van der Waals surface area contributed by atoms with Crippen molar-refractivity contribution in [3.63, 3.8) is 0 Å². The van der Waals surface area contributed by atoms with Gasteiger partial charge in [0.25, 0.3) is 0 Å². The molecule has 2 fully saturated rings. The zero-order valence-corrected chi connectivity index (χ0v) is 12.6. The van der Waals surface area contributed by atoms with Crippen molar-refractivity contribution in [2.24, 2.45) is 5.92 Å². The standard InChI is InChI=1S/C18H26O3/c19-17-7-6-16(15-4-2-1-3-5-15)12-18(17)21-13-14-8-10-20-11-9-14/h1-5,14,16-19H,6-13H2. The van der Waals surface area contributed by atoms with Gasteiger partial charge in [-0.3, -0.25) is 0 Å². The Labute approximate surface area is 127 Å². The van der Waals surface area contributed by atoms with Crippen LogP contribution in [0.5, 0.6) is 0 Å². The first-order valence-electron chi connectivity index (χ1n) is 8.25. The van der Waals surface area contributed by atoms with Crippen LogP contribution in [-0.2, 0) is 9.47 Å². The number of aliphatic hydroxyl groups excluding tert-OH is 1. The minimum Gasteiger partial charge on any atom is -0.390 e. The highest BCUT2D eigenvalue weighted by Crippen LogP contribution is 2.34. The molecule has 1 aromatic rings. The maximum Gasteiger partial charge on any atom is 0.0839 e. The number of benzene rings is 1. The lowest BCUT2D eigenvalue weighted by Gasteiger charge is -2.34. The Morgan fingerprint density at radius 1 is 1.05 bits per heavy atom. The van der Waals surface area contributed by atoms with Crippen molar-refractivity contribution in [3.05, 3.63) is 35.9 Å². The third kappa shape index (κ3) is 4.06.